The van der Waals surface area contributed by atoms with Crippen LogP contribution in [0.4, 0.5) is 4.79 Å². The number of benzene rings is 1. The summed E-state index contributed by atoms with van der Waals surface area (Å²) in [5, 5.41) is 11.5. The molecule has 20 heavy (non-hydrogen) atoms. The van der Waals surface area contributed by atoms with Crippen LogP contribution in [-0.2, 0) is 4.74 Å². The number of nitrogens with zero attached hydrogens (tertiary/aromatic N) is 1. The van der Waals surface area contributed by atoms with E-state index in [1.807, 2.05) is 52.0 Å². The van der Waals surface area contributed by atoms with Gasteiger partial charge in [0.25, 0.3) is 0 Å². The lowest BCUT2D eigenvalue weighted by atomic mass is 10.1. The normalized spacial score (nSPS) is 11.2. The van der Waals surface area contributed by atoms with E-state index in [-0.39, 0.29) is 0 Å². The third-order valence-electron chi connectivity index (χ3n) is 2.44. The highest BCUT2D eigenvalue weighted by atomic mass is 16.6. The maximum absolute atomic E-state index is 11.4. The number of carbonyl (C=O) groups is 1. The molecule has 1 N–H and O–H groups in total. The highest BCUT2D eigenvalue weighted by Gasteiger charge is 2.14. The molecule has 0 heterocycles. The van der Waals surface area contributed by atoms with Crippen LogP contribution in [0.2, 0.25) is 0 Å². The fraction of sp³-hybridized carbons (Fsp3) is 0.375. The molecular formula is C16H20N2O2. The van der Waals surface area contributed by atoms with Gasteiger partial charge < -0.3 is 10.1 Å². The second kappa shape index (κ2) is 6.76. The summed E-state index contributed by atoms with van der Waals surface area (Å²) in [6, 6.07) is 7.72. The van der Waals surface area contributed by atoms with E-state index in [1.165, 1.54) is 0 Å². The summed E-state index contributed by atoms with van der Waals surface area (Å²) in [6.45, 7) is 7.76. The zero-order valence-electron chi connectivity index (χ0n) is 12.4. The smallest absolute Gasteiger partial charge is 0.407 e. The van der Waals surface area contributed by atoms with Gasteiger partial charge in [0, 0.05) is 6.54 Å². The number of ether oxygens (including phenoxy) is 1. The van der Waals surface area contributed by atoms with Crippen LogP contribution in [0.25, 0.3) is 6.08 Å². The number of nitriles is 1. The molecule has 0 atom stereocenters. The van der Waals surface area contributed by atoms with Crippen molar-refractivity contribution in [1.29, 1.82) is 5.26 Å². The molecule has 0 aromatic heterocycles. The molecule has 0 aliphatic heterocycles. The zero-order valence-corrected chi connectivity index (χ0v) is 12.4. The maximum Gasteiger partial charge on any atom is 0.407 e. The highest BCUT2D eigenvalue weighted by molar-refractivity contribution is 5.68. The summed E-state index contributed by atoms with van der Waals surface area (Å²) in [7, 11) is 0. The van der Waals surface area contributed by atoms with Gasteiger partial charge in [0.15, 0.2) is 0 Å². The average Bonchev–Trinajstić information content (AvgIpc) is 2.33. The van der Waals surface area contributed by atoms with E-state index in [2.05, 4.69) is 11.4 Å². The van der Waals surface area contributed by atoms with E-state index in [0.717, 1.165) is 11.1 Å². The number of carbonyl (C=O) groups excluding carboxylic acids is 1. The molecule has 0 fully saturated rings. The number of hydrogen-bond acceptors (Lipinski definition) is 3. The molecule has 0 unspecified atom stereocenters. The Morgan fingerprint density at radius 3 is 2.70 bits per heavy atom. The largest absolute Gasteiger partial charge is 0.444 e. The monoisotopic (exact) mass is 272 g/mol. The van der Waals surface area contributed by atoms with E-state index in [4.69, 9.17) is 10.00 Å². The van der Waals surface area contributed by atoms with Crippen molar-refractivity contribution in [3.8, 4) is 6.07 Å². The van der Waals surface area contributed by atoms with Gasteiger partial charge in [0.1, 0.15) is 5.60 Å². The molecule has 1 aromatic carbocycles. The van der Waals surface area contributed by atoms with Crippen LogP contribution < -0.4 is 5.32 Å². The Morgan fingerprint density at radius 1 is 1.45 bits per heavy atom. The Kier molecular flexibility index (Phi) is 5.33. The Balaban J connectivity index is 2.48. The fourth-order valence-electron chi connectivity index (χ4n) is 1.57. The van der Waals surface area contributed by atoms with E-state index < -0.39 is 11.7 Å². The lowest BCUT2D eigenvalue weighted by molar-refractivity contribution is 0.0534. The second-order valence-corrected chi connectivity index (χ2v) is 5.47. The van der Waals surface area contributed by atoms with Crippen LogP contribution >= 0.6 is 0 Å². The van der Waals surface area contributed by atoms with Crippen molar-refractivity contribution < 1.29 is 9.53 Å². The Hall–Kier alpha value is -2.28. The van der Waals surface area contributed by atoms with Gasteiger partial charge in [-0.25, -0.2) is 4.79 Å². The zero-order chi connectivity index (χ0) is 15.2. The molecule has 0 aliphatic carbocycles. The Bertz CT molecular complexity index is 549. The van der Waals surface area contributed by atoms with Crippen LogP contribution in [0.5, 0.6) is 0 Å². The molecule has 0 aliphatic rings. The lowest BCUT2D eigenvalue weighted by Crippen LogP contribution is -2.32. The first-order valence-electron chi connectivity index (χ1n) is 6.46. The number of nitrogens with one attached hydrogen (secondary N) is 1. The van der Waals surface area contributed by atoms with Crippen LogP contribution in [0.1, 0.15) is 37.5 Å². The number of rotatable bonds is 3. The van der Waals surface area contributed by atoms with Gasteiger partial charge in [0.05, 0.1) is 11.6 Å². The fourth-order valence-corrected chi connectivity index (χ4v) is 1.57. The van der Waals surface area contributed by atoms with E-state index in [9.17, 15) is 4.79 Å². The molecule has 4 heteroatoms. The molecule has 0 saturated heterocycles. The van der Waals surface area contributed by atoms with Gasteiger partial charge in [-0.05, 0) is 44.9 Å². The molecule has 1 rings (SSSR count). The van der Waals surface area contributed by atoms with Crippen molar-refractivity contribution in [2.45, 2.75) is 33.3 Å². The summed E-state index contributed by atoms with van der Waals surface area (Å²) in [5.41, 5.74) is 2.12. The third kappa shape index (κ3) is 5.57. The number of alkyl carbamates (subject to hydrolysis) is 1. The number of amides is 1. The van der Waals surface area contributed by atoms with Gasteiger partial charge in [-0.3, -0.25) is 0 Å². The van der Waals surface area contributed by atoms with Crippen LogP contribution in [0.15, 0.2) is 24.3 Å². The van der Waals surface area contributed by atoms with Crippen molar-refractivity contribution in [2.24, 2.45) is 0 Å². The van der Waals surface area contributed by atoms with Crippen LogP contribution in [-0.4, -0.2) is 18.2 Å². The first-order valence-corrected chi connectivity index (χ1v) is 6.46. The van der Waals surface area contributed by atoms with Gasteiger partial charge in [-0.1, -0.05) is 24.3 Å². The minimum absolute atomic E-state index is 0.397. The van der Waals surface area contributed by atoms with E-state index in [1.54, 1.807) is 6.07 Å². The van der Waals surface area contributed by atoms with Crippen LogP contribution in [0.3, 0.4) is 0 Å². The molecular weight excluding hydrogens is 252 g/mol. The SMILES string of the molecule is Cc1cc(C=CCNC(=O)OC(C)(C)C)ccc1C#N. The minimum Gasteiger partial charge on any atom is -0.444 e. The molecule has 4 nitrogen and oxygen atoms in total. The summed E-state index contributed by atoms with van der Waals surface area (Å²) in [5.74, 6) is 0. The Labute approximate surface area is 120 Å². The average molecular weight is 272 g/mol. The second-order valence-electron chi connectivity index (χ2n) is 5.47. The van der Waals surface area contributed by atoms with Crippen molar-refractivity contribution in [2.75, 3.05) is 6.54 Å². The van der Waals surface area contributed by atoms with E-state index >= 15 is 0 Å². The lowest BCUT2D eigenvalue weighted by Gasteiger charge is -2.19. The van der Waals surface area contributed by atoms with Crippen molar-refractivity contribution in [3.63, 3.8) is 0 Å². The molecule has 0 spiro atoms. The molecule has 0 bridgehead atoms. The summed E-state index contributed by atoms with van der Waals surface area (Å²) in [4.78, 5) is 11.4. The van der Waals surface area contributed by atoms with Gasteiger partial charge >= 0.3 is 6.09 Å². The standard InChI is InChI=1S/C16H20N2O2/c1-12-10-13(7-8-14(12)11-17)6-5-9-18-15(19)20-16(2,3)4/h5-8,10H,9H2,1-4H3,(H,18,19). The molecule has 1 aromatic rings. The summed E-state index contributed by atoms with van der Waals surface area (Å²) in [6.07, 6.45) is 3.30. The molecule has 0 radical (unpaired) electrons. The van der Waals surface area contributed by atoms with Gasteiger partial charge in [0.2, 0.25) is 0 Å². The number of hydrogen-bond donors (Lipinski definition) is 1. The van der Waals surface area contributed by atoms with Crippen molar-refractivity contribution in [3.05, 3.63) is 41.0 Å². The van der Waals surface area contributed by atoms with Crippen LogP contribution in [0, 0.1) is 18.3 Å². The van der Waals surface area contributed by atoms with Crippen molar-refractivity contribution >= 4 is 12.2 Å². The third-order valence-corrected chi connectivity index (χ3v) is 2.44. The van der Waals surface area contributed by atoms with Crippen molar-refractivity contribution in [1.82, 2.24) is 5.32 Å². The Morgan fingerprint density at radius 2 is 2.15 bits per heavy atom. The summed E-state index contributed by atoms with van der Waals surface area (Å²) < 4.78 is 5.12. The quantitative estimate of drug-likeness (QED) is 0.917. The molecule has 0 saturated carbocycles. The minimum atomic E-state index is -0.488. The van der Waals surface area contributed by atoms with Gasteiger partial charge in [-0.15, -0.1) is 0 Å². The predicted octanol–water partition coefficient (Wildman–Crippen LogP) is 3.40. The number of aryl methyl sites for hydroxylation is 1. The van der Waals surface area contributed by atoms with Gasteiger partial charge in [-0.2, -0.15) is 5.26 Å². The summed E-state index contributed by atoms with van der Waals surface area (Å²) >= 11 is 0. The predicted molar refractivity (Wildman–Crippen MR) is 79.2 cm³/mol. The molecule has 1 amide bonds. The molecule has 106 valence electrons. The van der Waals surface area contributed by atoms with E-state index in [0.29, 0.717) is 12.1 Å². The maximum atomic E-state index is 11.4. The topological polar surface area (TPSA) is 62.1 Å². The highest BCUT2D eigenvalue weighted by Crippen LogP contribution is 2.11. The first kappa shape index (κ1) is 15.8. The first-order chi connectivity index (χ1) is 9.31.